The van der Waals surface area contributed by atoms with Crippen LogP contribution in [0.4, 0.5) is 13.2 Å². The largest absolute Gasteiger partial charge is 0.481 e. The molecule has 0 radical (unpaired) electrons. The van der Waals surface area contributed by atoms with Crippen LogP contribution in [-0.2, 0) is 11.3 Å². The fraction of sp³-hybridized carbons (Fsp3) is 0.364. The van der Waals surface area contributed by atoms with Crippen molar-refractivity contribution in [2.24, 2.45) is 5.92 Å². The molecule has 0 aromatic heterocycles. The number of likely N-dealkylation sites (tertiary alicyclic amines) is 1. The van der Waals surface area contributed by atoms with Crippen LogP contribution in [0, 0.1) is 23.4 Å². The van der Waals surface area contributed by atoms with Gasteiger partial charge in [0.2, 0.25) is 0 Å². The molecule has 0 unspecified atom stereocenters. The number of carboxylic acid groups (broad SMARTS) is 1. The zero-order chi connectivity index (χ0) is 12.6. The number of benzene rings is 1. The molecule has 1 aliphatic rings. The molecule has 0 amide bonds. The molecule has 1 fully saturated rings. The minimum atomic E-state index is -1.22. The quantitative estimate of drug-likeness (QED) is 0.823. The lowest BCUT2D eigenvalue weighted by Crippen LogP contribution is -2.49. The number of carbonyl (C=O) groups is 1. The van der Waals surface area contributed by atoms with Crippen LogP contribution in [0.3, 0.4) is 0 Å². The van der Waals surface area contributed by atoms with Gasteiger partial charge < -0.3 is 5.11 Å². The normalized spacial score (nSPS) is 16.9. The number of nitrogens with zero attached hydrogens (tertiary/aromatic N) is 1. The first kappa shape index (κ1) is 11.9. The number of halogens is 3. The third kappa shape index (κ3) is 2.41. The van der Waals surface area contributed by atoms with Crippen LogP contribution in [0.5, 0.6) is 0 Å². The Labute approximate surface area is 95.5 Å². The third-order valence-electron chi connectivity index (χ3n) is 2.79. The standard InChI is InChI=1S/C11H10F3NO2/c12-8-2-10(14)9(13)1-6(8)3-15-4-7(5-15)11(16)17/h1-2,7H,3-5H2,(H,16,17). The maximum absolute atomic E-state index is 13.3. The SMILES string of the molecule is O=C(O)C1CN(Cc2cc(F)c(F)cc2F)C1. The second kappa shape index (κ2) is 4.37. The van der Waals surface area contributed by atoms with Gasteiger partial charge in [0.15, 0.2) is 11.6 Å². The Morgan fingerprint density at radius 3 is 2.41 bits per heavy atom. The Balaban J connectivity index is 2.01. The van der Waals surface area contributed by atoms with Gasteiger partial charge in [-0.25, -0.2) is 13.2 Å². The second-order valence-electron chi connectivity index (χ2n) is 4.09. The first-order valence-corrected chi connectivity index (χ1v) is 5.06. The van der Waals surface area contributed by atoms with E-state index in [-0.39, 0.29) is 12.1 Å². The Morgan fingerprint density at radius 2 is 1.82 bits per heavy atom. The lowest BCUT2D eigenvalue weighted by Gasteiger charge is -2.36. The summed E-state index contributed by atoms with van der Waals surface area (Å²) in [5, 5.41) is 8.64. The number of carboxylic acids is 1. The second-order valence-corrected chi connectivity index (χ2v) is 4.09. The molecule has 1 heterocycles. The summed E-state index contributed by atoms with van der Waals surface area (Å²) in [4.78, 5) is 12.2. The molecule has 1 N–H and O–H groups in total. The van der Waals surface area contributed by atoms with Crippen molar-refractivity contribution >= 4 is 5.97 Å². The maximum atomic E-state index is 13.3. The van der Waals surface area contributed by atoms with Crippen molar-refractivity contribution < 1.29 is 23.1 Å². The van der Waals surface area contributed by atoms with Gasteiger partial charge in [-0.3, -0.25) is 9.69 Å². The smallest absolute Gasteiger partial charge is 0.309 e. The minimum absolute atomic E-state index is 0.0349. The van der Waals surface area contributed by atoms with Crippen molar-refractivity contribution in [3.8, 4) is 0 Å². The summed E-state index contributed by atoms with van der Waals surface area (Å²) in [6.45, 7) is 0.689. The Morgan fingerprint density at radius 1 is 1.24 bits per heavy atom. The van der Waals surface area contributed by atoms with Gasteiger partial charge in [-0.1, -0.05) is 0 Å². The molecule has 0 spiro atoms. The number of hydrogen-bond acceptors (Lipinski definition) is 2. The molecule has 6 heteroatoms. The van der Waals surface area contributed by atoms with Gasteiger partial charge in [-0.15, -0.1) is 0 Å². The molecule has 1 aromatic rings. The lowest BCUT2D eigenvalue weighted by atomic mass is 9.99. The predicted molar refractivity (Wildman–Crippen MR) is 52.7 cm³/mol. The van der Waals surface area contributed by atoms with Gasteiger partial charge in [0, 0.05) is 31.3 Å². The highest BCUT2D eigenvalue weighted by Gasteiger charge is 2.32. The summed E-state index contributed by atoms with van der Waals surface area (Å²) in [7, 11) is 0. The zero-order valence-corrected chi connectivity index (χ0v) is 8.79. The summed E-state index contributed by atoms with van der Waals surface area (Å²) < 4.78 is 38.8. The van der Waals surface area contributed by atoms with Crippen molar-refractivity contribution in [1.82, 2.24) is 4.90 Å². The van der Waals surface area contributed by atoms with E-state index in [1.807, 2.05) is 0 Å². The van der Waals surface area contributed by atoms with E-state index in [1.54, 1.807) is 4.90 Å². The highest BCUT2D eigenvalue weighted by Crippen LogP contribution is 2.21. The van der Waals surface area contributed by atoms with E-state index in [4.69, 9.17) is 5.11 Å². The zero-order valence-electron chi connectivity index (χ0n) is 8.79. The summed E-state index contributed by atoms with van der Waals surface area (Å²) in [5.74, 6) is -4.49. The fourth-order valence-corrected chi connectivity index (χ4v) is 1.78. The van der Waals surface area contributed by atoms with Crippen LogP contribution in [-0.4, -0.2) is 29.1 Å². The summed E-state index contributed by atoms with van der Waals surface area (Å²) >= 11 is 0. The first-order chi connectivity index (χ1) is 7.97. The molecule has 3 nitrogen and oxygen atoms in total. The van der Waals surface area contributed by atoms with Crippen LogP contribution >= 0.6 is 0 Å². The maximum Gasteiger partial charge on any atom is 0.309 e. The van der Waals surface area contributed by atoms with E-state index >= 15 is 0 Å². The van der Waals surface area contributed by atoms with Gasteiger partial charge in [-0.05, 0) is 6.07 Å². The highest BCUT2D eigenvalue weighted by molar-refractivity contribution is 5.71. The molecule has 92 valence electrons. The molecule has 0 atom stereocenters. The van der Waals surface area contributed by atoms with Crippen LogP contribution < -0.4 is 0 Å². The molecule has 1 aromatic carbocycles. The molecular weight excluding hydrogens is 235 g/mol. The molecule has 1 saturated heterocycles. The lowest BCUT2D eigenvalue weighted by molar-refractivity contribution is -0.147. The van der Waals surface area contributed by atoms with Crippen LogP contribution in [0.15, 0.2) is 12.1 Å². The fourth-order valence-electron chi connectivity index (χ4n) is 1.78. The van der Waals surface area contributed by atoms with Gasteiger partial charge in [-0.2, -0.15) is 0 Å². The average molecular weight is 245 g/mol. The van der Waals surface area contributed by atoms with Crippen molar-refractivity contribution in [2.45, 2.75) is 6.54 Å². The van der Waals surface area contributed by atoms with E-state index in [9.17, 15) is 18.0 Å². The molecular formula is C11H10F3NO2. The molecule has 17 heavy (non-hydrogen) atoms. The number of rotatable bonds is 3. The van der Waals surface area contributed by atoms with Crippen LogP contribution in [0.25, 0.3) is 0 Å². The van der Waals surface area contributed by atoms with E-state index in [0.717, 1.165) is 6.07 Å². The van der Waals surface area contributed by atoms with Crippen molar-refractivity contribution in [3.63, 3.8) is 0 Å². The number of hydrogen-bond donors (Lipinski definition) is 1. The van der Waals surface area contributed by atoms with Crippen molar-refractivity contribution in [1.29, 1.82) is 0 Å². The van der Waals surface area contributed by atoms with Gasteiger partial charge in [0.05, 0.1) is 5.92 Å². The average Bonchev–Trinajstić information content (AvgIpc) is 2.17. The summed E-state index contributed by atoms with van der Waals surface area (Å²) in [5.41, 5.74) is 0.0349. The van der Waals surface area contributed by atoms with E-state index in [2.05, 4.69) is 0 Å². The van der Waals surface area contributed by atoms with Gasteiger partial charge in [0.1, 0.15) is 5.82 Å². The van der Waals surface area contributed by atoms with E-state index < -0.39 is 29.3 Å². The summed E-state index contributed by atoms with van der Waals surface area (Å²) in [6.07, 6.45) is 0. The van der Waals surface area contributed by atoms with Crippen LogP contribution in [0.2, 0.25) is 0 Å². The molecule has 0 bridgehead atoms. The number of aliphatic carboxylic acids is 1. The van der Waals surface area contributed by atoms with Crippen molar-refractivity contribution in [3.05, 3.63) is 35.1 Å². The topological polar surface area (TPSA) is 40.5 Å². The molecule has 2 rings (SSSR count). The third-order valence-corrected chi connectivity index (χ3v) is 2.79. The molecule has 0 aliphatic carbocycles. The van der Waals surface area contributed by atoms with Crippen molar-refractivity contribution in [2.75, 3.05) is 13.1 Å². The van der Waals surface area contributed by atoms with Crippen LogP contribution in [0.1, 0.15) is 5.56 Å². The Bertz CT molecular complexity index is 458. The monoisotopic (exact) mass is 245 g/mol. The molecule has 1 aliphatic heterocycles. The van der Waals surface area contributed by atoms with E-state index in [1.165, 1.54) is 0 Å². The molecule has 0 saturated carbocycles. The Hall–Kier alpha value is -1.56. The predicted octanol–water partition coefficient (Wildman–Crippen LogP) is 1.62. The summed E-state index contributed by atoms with van der Waals surface area (Å²) in [6, 6.07) is 1.30. The first-order valence-electron chi connectivity index (χ1n) is 5.06. The van der Waals surface area contributed by atoms with E-state index in [0.29, 0.717) is 19.2 Å². The van der Waals surface area contributed by atoms with Gasteiger partial charge >= 0.3 is 5.97 Å². The van der Waals surface area contributed by atoms with Gasteiger partial charge in [0.25, 0.3) is 0 Å². The Kier molecular flexibility index (Phi) is 3.06. The highest BCUT2D eigenvalue weighted by atomic mass is 19.2. The minimum Gasteiger partial charge on any atom is -0.481 e.